The summed E-state index contributed by atoms with van der Waals surface area (Å²) in [5.74, 6) is -5.25. The fourth-order valence-electron chi connectivity index (χ4n) is 2.55. The number of aromatic nitrogens is 2. The minimum atomic E-state index is -4.81. The van der Waals surface area contributed by atoms with Gasteiger partial charge in [-0.1, -0.05) is 12.1 Å². The molecule has 1 N–H and O–H groups in total. The molecule has 6 nitrogen and oxygen atoms in total. The van der Waals surface area contributed by atoms with E-state index in [9.17, 15) is 31.5 Å². The van der Waals surface area contributed by atoms with Gasteiger partial charge in [-0.3, -0.25) is 9.59 Å². The highest BCUT2D eigenvalue weighted by molar-refractivity contribution is 5.93. The van der Waals surface area contributed by atoms with Gasteiger partial charge in [0.2, 0.25) is 5.82 Å². The Balaban J connectivity index is 1.67. The number of nitrogens with zero attached hydrogens (tertiary/aromatic N) is 2. The SMILES string of the molecule is O=C(COC(=O)Cn1c(C(F)(F)F)nc2ccccc21)Nc1ccc(F)cc1F. The predicted octanol–water partition coefficient (Wildman–Crippen LogP) is 3.52. The van der Waals surface area contributed by atoms with Crippen LogP contribution >= 0.6 is 0 Å². The van der Waals surface area contributed by atoms with Crippen LogP contribution in [-0.2, 0) is 27.0 Å². The van der Waals surface area contributed by atoms with Crippen molar-refractivity contribution in [3.05, 3.63) is 59.9 Å². The number of carbonyl (C=O) groups excluding carboxylic acids is 2. The summed E-state index contributed by atoms with van der Waals surface area (Å²) in [4.78, 5) is 27.2. The van der Waals surface area contributed by atoms with Gasteiger partial charge in [-0.2, -0.15) is 13.2 Å². The van der Waals surface area contributed by atoms with Crippen LogP contribution in [0.2, 0.25) is 0 Å². The average Bonchev–Trinajstić information content (AvgIpc) is 3.01. The summed E-state index contributed by atoms with van der Waals surface area (Å²) >= 11 is 0. The molecule has 3 rings (SSSR count). The smallest absolute Gasteiger partial charge is 0.449 e. The lowest BCUT2D eigenvalue weighted by atomic mass is 10.3. The van der Waals surface area contributed by atoms with Gasteiger partial charge in [0.1, 0.15) is 18.2 Å². The van der Waals surface area contributed by atoms with E-state index in [-0.39, 0.29) is 16.7 Å². The predicted molar refractivity (Wildman–Crippen MR) is 90.7 cm³/mol. The Bertz CT molecular complexity index is 1080. The molecule has 0 bridgehead atoms. The van der Waals surface area contributed by atoms with E-state index in [0.29, 0.717) is 10.6 Å². The third-order valence-electron chi connectivity index (χ3n) is 3.76. The first-order valence-electron chi connectivity index (χ1n) is 8.08. The molecular weight excluding hydrogens is 401 g/mol. The Labute approximate surface area is 159 Å². The number of anilines is 1. The molecule has 1 heterocycles. The highest BCUT2D eigenvalue weighted by Crippen LogP contribution is 2.31. The molecule has 0 spiro atoms. The third-order valence-corrected chi connectivity index (χ3v) is 3.76. The summed E-state index contributed by atoms with van der Waals surface area (Å²) in [5.41, 5.74) is -0.237. The van der Waals surface area contributed by atoms with Crippen molar-refractivity contribution in [1.29, 1.82) is 0 Å². The molecule has 2 aromatic carbocycles. The lowest BCUT2D eigenvalue weighted by molar-refractivity contribution is -0.152. The van der Waals surface area contributed by atoms with Gasteiger partial charge >= 0.3 is 12.1 Å². The molecule has 0 fully saturated rings. The second-order valence-corrected chi connectivity index (χ2v) is 5.84. The van der Waals surface area contributed by atoms with Crippen molar-refractivity contribution in [1.82, 2.24) is 9.55 Å². The zero-order valence-corrected chi connectivity index (χ0v) is 14.5. The second-order valence-electron chi connectivity index (χ2n) is 5.84. The first-order valence-corrected chi connectivity index (χ1v) is 8.08. The number of fused-ring (bicyclic) bond motifs is 1. The maximum Gasteiger partial charge on any atom is 0.449 e. The highest BCUT2D eigenvalue weighted by atomic mass is 19.4. The first-order chi connectivity index (χ1) is 13.6. The van der Waals surface area contributed by atoms with E-state index < -0.39 is 48.7 Å². The molecular formula is C18H12F5N3O3. The number of halogens is 5. The quantitative estimate of drug-likeness (QED) is 0.513. The number of alkyl halides is 3. The number of hydrogen-bond acceptors (Lipinski definition) is 4. The van der Waals surface area contributed by atoms with Crippen molar-refractivity contribution in [2.45, 2.75) is 12.7 Å². The Kier molecular flexibility index (Phi) is 5.48. The van der Waals surface area contributed by atoms with Gasteiger partial charge in [-0.25, -0.2) is 13.8 Å². The topological polar surface area (TPSA) is 73.2 Å². The Morgan fingerprint density at radius 3 is 2.52 bits per heavy atom. The third kappa shape index (κ3) is 4.68. The molecule has 0 saturated heterocycles. The van der Waals surface area contributed by atoms with E-state index in [1.54, 1.807) is 0 Å². The van der Waals surface area contributed by atoms with Gasteiger partial charge in [-0.05, 0) is 24.3 Å². The Morgan fingerprint density at radius 2 is 1.83 bits per heavy atom. The van der Waals surface area contributed by atoms with E-state index in [2.05, 4.69) is 15.0 Å². The molecule has 152 valence electrons. The largest absolute Gasteiger partial charge is 0.454 e. The number of esters is 1. The minimum absolute atomic E-state index is 0.0390. The standard InChI is InChI=1S/C18H12F5N3O3/c19-10-5-6-12(11(20)7-10)24-15(27)9-29-16(28)8-26-14-4-2-1-3-13(14)25-17(26)18(21,22)23/h1-7H,8-9H2,(H,24,27). The van der Waals surface area contributed by atoms with Gasteiger partial charge < -0.3 is 14.6 Å². The molecule has 0 radical (unpaired) electrons. The summed E-state index contributed by atoms with van der Waals surface area (Å²) in [7, 11) is 0. The number of para-hydroxylation sites is 2. The molecule has 0 atom stereocenters. The fourth-order valence-corrected chi connectivity index (χ4v) is 2.55. The fraction of sp³-hybridized carbons (Fsp3) is 0.167. The van der Waals surface area contributed by atoms with Crippen LogP contribution in [0.3, 0.4) is 0 Å². The molecule has 11 heteroatoms. The van der Waals surface area contributed by atoms with E-state index in [1.807, 2.05) is 0 Å². The second kappa shape index (κ2) is 7.86. The molecule has 0 aliphatic rings. The molecule has 1 aromatic heterocycles. The van der Waals surface area contributed by atoms with Gasteiger partial charge in [0.25, 0.3) is 5.91 Å². The highest BCUT2D eigenvalue weighted by Gasteiger charge is 2.38. The van der Waals surface area contributed by atoms with Crippen molar-refractivity contribution in [3.63, 3.8) is 0 Å². The maximum absolute atomic E-state index is 13.5. The van der Waals surface area contributed by atoms with Crippen LogP contribution in [0.1, 0.15) is 5.82 Å². The molecule has 0 saturated carbocycles. The molecule has 0 aliphatic heterocycles. The number of rotatable bonds is 5. The van der Waals surface area contributed by atoms with Crippen LogP contribution in [0.25, 0.3) is 11.0 Å². The maximum atomic E-state index is 13.5. The van der Waals surface area contributed by atoms with E-state index in [1.165, 1.54) is 24.3 Å². The number of imidazole rings is 1. The van der Waals surface area contributed by atoms with Crippen molar-refractivity contribution >= 4 is 28.6 Å². The number of nitrogens with one attached hydrogen (secondary N) is 1. The molecule has 0 unspecified atom stereocenters. The van der Waals surface area contributed by atoms with Crippen LogP contribution in [0.4, 0.5) is 27.6 Å². The van der Waals surface area contributed by atoms with Crippen LogP contribution in [0, 0.1) is 11.6 Å². The molecule has 3 aromatic rings. The summed E-state index contributed by atoms with van der Waals surface area (Å²) in [6.07, 6.45) is -4.81. The Hall–Kier alpha value is -3.50. The lowest BCUT2D eigenvalue weighted by Gasteiger charge is -2.11. The Morgan fingerprint density at radius 1 is 1.10 bits per heavy atom. The minimum Gasteiger partial charge on any atom is -0.454 e. The number of carbonyl (C=O) groups is 2. The number of benzene rings is 2. The van der Waals surface area contributed by atoms with Gasteiger partial charge in [0, 0.05) is 6.07 Å². The average molecular weight is 413 g/mol. The lowest BCUT2D eigenvalue weighted by Crippen LogP contribution is -2.25. The van der Waals surface area contributed by atoms with Crippen LogP contribution in [0.5, 0.6) is 0 Å². The zero-order valence-electron chi connectivity index (χ0n) is 14.5. The van der Waals surface area contributed by atoms with Crippen molar-refractivity contribution in [3.8, 4) is 0 Å². The van der Waals surface area contributed by atoms with Gasteiger partial charge in [0.15, 0.2) is 6.61 Å². The van der Waals surface area contributed by atoms with Crippen LogP contribution < -0.4 is 5.32 Å². The van der Waals surface area contributed by atoms with Gasteiger partial charge in [-0.15, -0.1) is 0 Å². The zero-order chi connectivity index (χ0) is 21.2. The monoisotopic (exact) mass is 413 g/mol. The van der Waals surface area contributed by atoms with Crippen LogP contribution in [0.15, 0.2) is 42.5 Å². The van der Waals surface area contributed by atoms with E-state index >= 15 is 0 Å². The number of ether oxygens (including phenoxy) is 1. The van der Waals surface area contributed by atoms with Crippen LogP contribution in [-0.4, -0.2) is 28.0 Å². The summed E-state index contributed by atoms with van der Waals surface area (Å²) in [6, 6.07) is 8.12. The first kappa shape index (κ1) is 20.2. The molecule has 1 amide bonds. The summed E-state index contributed by atoms with van der Waals surface area (Å²) in [5, 5.41) is 2.06. The molecule has 0 aliphatic carbocycles. The summed E-state index contributed by atoms with van der Waals surface area (Å²) < 4.78 is 71.2. The number of hydrogen-bond donors (Lipinski definition) is 1. The normalized spacial score (nSPS) is 11.5. The molecule has 29 heavy (non-hydrogen) atoms. The number of amides is 1. The van der Waals surface area contributed by atoms with E-state index in [4.69, 9.17) is 0 Å². The van der Waals surface area contributed by atoms with Crippen molar-refractivity contribution in [2.24, 2.45) is 0 Å². The van der Waals surface area contributed by atoms with Crippen molar-refractivity contribution in [2.75, 3.05) is 11.9 Å². The van der Waals surface area contributed by atoms with E-state index in [0.717, 1.165) is 12.1 Å². The van der Waals surface area contributed by atoms with Gasteiger partial charge in [0.05, 0.1) is 16.7 Å². The summed E-state index contributed by atoms with van der Waals surface area (Å²) in [6.45, 7) is -1.71. The van der Waals surface area contributed by atoms with Crippen molar-refractivity contribution < 1.29 is 36.3 Å².